The molecule has 0 atom stereocenters. The molecule has 4 N–H and O–H groups in total. The van der Waals surface area contributed by atoms with E-state index in [1.807, 2.05) is 0 Å². The summed E-state index contributed by atoms with van der Waals surface area (Å²) >= 11 is 0. The van der Waals surface area contributed by atoms with E-state index >= 15 is 0 Å². The van der Waals surface area contributed by atoms with E-state index in [0.717, 1.165) is 24.2 Å². The molecule has 0 heterocycles. The number of rotatable bonds is 2. The van der Waals surface area contributed by atoms with Crippen LogP contribution in [0.25, 0.3) is 0 Å². The third-order valence-corrected chi connectivity index (χ3v) is 3.93. The molecule has 0 unspecified atom stereocenters. The third kappa shape index (κ3) is 0.888. The Hall–Kier alpha value is -0.920. The van der Waals surface area contributed by atoms with Crippen molar-refractivity contribution in [2.75, 3.05) is 0 Å². The van der Waals surface area contributed by atoms with Gasteiger partial charge in [-0.2, -0.15) is 0 Å². The van der Waals surface area contributed by atoms with Gasteiger partial charge in [-0.05, 0) is 42.2 Å². The van der Waals surface area contributed by atoms with Gasteiger partial charge in [0.25, 0.3) is 0 Å². The first-order valence-corrected chi connectivity index (χ1v) is 5.11. The quantitative estimate of drug-likeness (QED) is 0.679. The monoisotopic (exact) mass is 178 g/mol. The van der Waals surface area contributed by atoms with Crippen LogP contribution in [0.5, 0.6) is 0 Å². The summed E-state index contributed by atoms with van der Waals surface area (Å²) in [5, 5.41) is 0. The molecule has 0 radical (unpaired) electrons. The van der Waals surface area contributed by atoms with Crippen molar-refractivity contribution in [3.63, 3.8) is 0 Å². The molecule has 0 aromatic carbocycles. The third-order valence-electron chi connectivity index (χ3n) is 3.93. The number of hydrogen-bond acceptors (Lipinski definition) is 2. The maximum Gasteiger partial charge on any atom is 0.0548 e. The van der Waals surface area contributed by atoms with E-state index in [1.165, 1.54) is 24.0 Å². The standard InChI is InChI=1S/C11H18N2/c1-3-11(4-2)6-7-5-8(11)10(13)9(7)12/h3-6,12-13H2,1-2H3. The molecule has 0 aromatic rings. The predicted octanol–water partition coefficient (Wildman–Crippen LogP) is 2.03. The van der Waals surface area contributed by atoms with Crippen molar-refractivity contribution in [1.82, 2.24) is 0 Å². The lowest BCUT2D eigenvalue weighted by molar-refractivity contribution is 0.343. The summed E-state index contributed by atoms with van der Waals surface area (Å²) in [6, 6.07) is 0. The molecule has 1 fully saturated rings. The largest absolute Gasteiger partial charge is 0.397 e. The number of fused-ring (bicyclic) bond motifs is 2. The fourth-order valence-electron chi connectivity index (χ4n) is 2.83. The fraction of sp³-hybridized carbons (Fsp3) is 0.636. The number of nitrogens with two attached hydrogens (primary N) is 2. The van der Waals surface area contributed by atoms with E-state index < -0.39 is 0 Å². The van der Waals surface area contributed by atoms with Gasteiger partial charge in [0.15, 0.2) is 0 Å². The smallest absolute Gasteiger partial charge is 0.0548 e. The Balaban J connectivity index is 2.43. The molecular formula is C11H18N2. The summed E-state index contributed by atoms with van der Waals surface area (Å²) in [6.45, 7) is 4.50. The molecule has 0 spiro atoms. The van der Waals surface area contributed by atoms with Gasteiger partial charge < -0.3 is 11.5 Å². The van der Waals surface area contributed by atoms with Crippen molar-refractivity contribution < 1.29 is 0 Å². The van der Waals surface area contributed by atoms with Crippen LogP contribution in [0.4, 0.5) is 0 Å². The first kappa shape index (κ1) is 8.67. The van der Waals surface area contributed by atoms with Crippen molar-refractivity contribution in [1.29, 1.82) is 0 Å². The zero-order valence-electron chi connectivity index (χ0n) is 8.48. The van der Waals surface area contributed by atoms with Crippen molar-refractivity contribution >= 4 is 0 Å². The molecular weight excluding hydrogens is 160 g/mol. The highest BCUT2D eigenvalue weighted by molar-refractivity contribution is 5.52. The molecule has 2 nitrogen and oxygen atoms in total. The average Bonchev–Trinajstić information content (AvgIpc) is 2.65. The van der Waals surface area contributed by atoms with Crippen LogP contribution in [0.1, 0.15) is 39.5 Å². The summed E-state index contributed by atoms with van der Waals surface area (Å²) in [6.07, 6.45) is 4.59. The zero-order valence-corrected chi connectivity index (χ0v) is 8.48. The van der Waals surface area contributed by atoms with Crippen molar-refractivity contribution in [2.45, 2.75) is 39.5 Å². The first-order chi connectivity index (χ1) is 6.14. The Kier molecular flexibility index (Phi) is 1.69. The van der Waals surface area contributed by atoms with Crippen molar-refractivity contribution in [3.8, 4) is 0 Å². The van der Waals surface area contributed by atoms with Gasteiger partial charge in [0, 0.05) is 0 Å². The number of hydrogen-bond donors (Lipinski definition) is 2. The minimum absolute atomic E-state index is 0.363. The van der Waals surface area contributed by atoms with Crippen LogP contribution in [-0.4, -0.2) is 0 Å². The average molecular weight is 178 g/mol. The van der Waals surface area contributed by atoms with Crippen molar-refractivity contribution in [3.05, 3.63) is 22.5 Å². The van der Waals surface area contributed by atoms with E-state index in [-0.39, 0.29) is 0 Å². The van der Waals surface area contributed by atoms with E-state index in [4.69, 9.17) is 11.5 Å². The lowest BCUT2D eigenvalue weighted by Gasteiger charge is -2.31. The van der Waals surface area contributed by atoms with Gasteiger partial charge in [0.2, 0.25) is 0 Å². The summed E-state index contributed by atoms with van der Waals surface area (Å²) in [7, 11) is 0. The topological polar surface area (TPSA) is 52.0 Å². The minimum atomic E-state index is 0.363. The van der Waals surface area contributed by atoms with Gasteiger partial charge in [0.1, 0.15) is 0 Å². The molecule has 2 heteroatoms. The van der Waals surface area contributed by atoms with Gasteiger partial charge in [-0.15, -0.1) is 0 Å². The van der Waals surface area contributed by atoms with Gasteiger partial charge in [-0.1, -0.05) is 13.8 Å². The maximum absolute atomic E-state index is 5.99. The summed E-state index contributed by atoms with van der Waals surface area (Å²) in [5.41, 5.74) is 16.8. The Morgan fingerprint density at radius 1 is 1.15 bits per heavy atom. The van der Waals surface area contributed by atoms with Crippen LogP contribution in [0.3, 0.4) is 0 Å². The van der Waals surface area contributed by atoms with E-state index in [9.17, 15) is 0 Å². The Labute approximate surface area is 79.7 Å². The normalized spacial score (nSPS) is 24.8. The summed E-state index contributed by atoms with van der Waals surface area (Å²) in [4.78, 5) is 0. The van der Waals surface area contributed by atoms with Gasteiger partial charge >= 0.3 is 0 Å². The summed E-state index contributed by atoms with van der Waals surface area (Å²) in [5.74, 6) is 0. The molecule has 0 saturated heterocycles. The fourth-order valence-corrected chi connectivity index (χ4v) is 2.83. The predicted molar refractivity (Wildman–Crippen MR) is 54.7 cm³/mol. The molecule has 1 saturated carbocycles. The second-order valence-corrected chi connectivity index (χ2v) is 4.25. The van der Waals surface area contributed by atoms with E-state index in [2.05, 4.69) is 13.8 Å². The lowest BCUT2D eigenvalue weighted by Crippen LogP contribution is -2.24. The van der Waals surface area contributed by atoms with Crippen LogP contribution in [0.15, 0.2) is 22.5 Å². The Morgan fingerprint density at radius 2 is 1.77 bits per heavy atom. The highest BCUT2D eigenvalue weighted by Gasteiger charge is 2.44. The van der Waals surface area contributed by atoms with E-state index in [0.29, 0.717) is 5.41 Å². The lowest BCUT2D eigenvalue weighted by atomic mass is 9.75. The highest BCUT2D eigenvalue weighted by atomic mass is 14.8. The molecule has 2 rings (SSSR count). The Morgan fingerprint density at radius 3 is 2.15 bits per heavy atom. The van der Waals surface area contributed by atoms with Gasteiger partial charge in [0.05, 0.1) is 11.4 Å². The van der Waals surface area contributed by atoms with E-state index in [1.54, 1.807) is 0 Å². The molecule has 0 aliphatic heterocycles. The van der Waals surface area contributed by atoms with Crippen LogP contribution < -0.4 is 11.5 Å². The SMILES string of the molecule is CCC1(CC)CC2=C(N)C(N)=C1C2. The van der Waals surface area contributed by atoms with Gasteiger partial charge in [-0.25, -0.2) is 0 Å². The zero-order chi connectivity index (χ0) is 9.64. The van der Waals surface area contributed by atoms with Crippen LogP contribution in [0.2, 0.25) is 0 Å². The van der Waals surface area contributed by atoms with Gasteiger partial charge in [-0.3, -0.25) is 0 Å². The summed E-state index contributed by atoms with van der Waals surface area (Å²) < 4.78 is 0. The molecule has 0 aromatic heterocycles. The maximum atomic E-state index is 5.99. The second-order valence-electron chi connectivity index (χ2n) is 4.25. The molecule has 2 bridgehead atoms. The van der Waals surface area contributed by atoms with Crippen LogP contribution >= 0.6 is 0 Å². The molecule has 72 valence electrons. The highest BCUT2D eigenvalue weighted by Crippen LogP contribution is 2.55. The molecule has 2 aliphatic rings. The molecule has 0 amide bonds. The first-order valence-electron chi connectivity index (χ1n) is 5.11. The minimum Gasteiger partial charge on any atom is -0.397 e. The second kappa shape index (κ2) is 2.53. The van der Waals surface area contributed by atoms with Crippen LogP contribution in [-0.2, 0) is 0 Å². The Bertz CT molecular complexity index is 306. The number of allylic oxidation sites excluding steroid dienone is 2. The molecule has 13 heavy (non-hydrogen) atoms. The molecule has 2 aliphatic carbocycles. The van der Waals surface area contributed by atoms with Crippen molar-refractivity contribution in [2.24, 2.45) is 16.9 Å². The van der Waals surface area contributed by atoms with Crippen LogP contribution in [0, 0.1) is 5.41 Å².